The first-order valence-corrected chi connectivity index (χ1v) is 8.80. The highest BCUT2D eigenvalue weighted by atomic mass is 32.1. The molecule has 4 rings (SSSR count). The maximum atomic E-state index is 13.2. The molecule has 1 aliphatic carbocycles. The van der Waals surface area contributed by atoms with Crippen LogP contribution in [0.2, 0.25) is 0 Å². The van der Waals surface area contributed by atoms with E-state index in [1.165, 1.54) is 29.7 Å². The number of halogens is 1. The molecular weight excluding hydrogens is 341 g/mol. The van der Waals surface area contributed by atoms with Crippen LogP contribution in [0.25, 0.3) is 5.69 Å². The summed E-state index contributed by atoms with van der Waals surface area (Å²) in [7, 11) is 0. The molecule has 1 amide bonds. The molecule has 0 atom stereocenters. The van der Waals surface area contributed by atoms with Crippen LogP contribution >= 0.6 is 11.3 Å². The van der Waals surface area contributed by atoms with Gasteiger partial charge in [-0.15, -0.1) is 16.4 Å². The van der Waals surface area contributed by atoms with Crippen molar-refractivity contribution < 1.29 is 9.18 Å². The number of amides is 1. The Morgan fingerprint density at radius 1 is 1.32 bits per heavy atom. The first-order chi connectivity index (χ1) is 12.2. The zero-order valence-corrected chi connectivity index (χ0v) is 14.1. The van der Waals surface area contributed by atoms with Crippen molar-refractivity contribution in [3.8, 4) is 5.69 Å². The smallest absolute Gasteiger partial charge is 0.268 e. The lowest BCUT2D eigenvalue weighted by atomic mass is 10.2. The van der Waals surface area contributed by atoms with Crippen molar-refractivity contribution in [3.05, 3.63) is 57.4 Å². The summed E-state index contributed by atoms with van der Waals surface area (Å²) in [6.07, 6.45) is 4.28. The number of carbonyl (C=O) groups excluding carboxylic acids is 1. The predicted molar refractivity (Wildman–Crippen MR) is 93.5 cm³/mol. The Bertz CT molecular complexity index is 931. The quantitative estimate of drug-likeness (QED) is 0.752. The molecule has 1 aliphatic rings. The normalized spacial score (nSPS) is 13.0. The third kappa shape index (κ3) is 2.94. The lowest BCUT2D eigenvalue weighted by Crippen LogP contribution is -2.12. The second-order valence-corrected chi connectivity index (χ2v) is 6.91. The minimum absolute atomic E-state index is 0.240. The number of thiazole rings is 1. The van der Waals surface area contributed by atoms with Crippen molar-refractivity contribution in [3.63, 3.8) is 0 Å². The van der Waals surface area contributed by atoms with Gasteiger partial charge in [0.05, 0.1) is 11.9 Å². The van der Waals surface area contributed by atoms with Gasteiger partial charge >= 0.3 is 0 Å². The van der Waals surface area contributed by atoms with E-state index in [2.05, 4.69) is 15.4 Å². The molecule has 0 saturated carbocycles. The van der Waals surface area contributed by atoms with E-state index in [9.17, 15) is 9.18 Å². The maximum absolute atomic E-state index is 13.2. The molecule has 0 fully saturated rings. The summed E-state index contributed by atoms with van der Waals surface area (Å²) < 4.78 is 15.0. The topological polar surface area (TPSA) is 85.8 Å². The molecule has 0 unspecified atom stereocenters. The molecule has 1 aromatic carbocycles. The number of fused-ring (bicyclic) bond motifs is 1. The number of nitrogens with two attached hydrogens (primary N) is 1. The van der Waals surface area contributed by atoms with Crippen LogP contribution in [-0.4, -0.2) is 20.7 Å². The maximum Gasteiger partial charge on any atom is 0.268 e. The summed E-state index contributed by atoms with van der Waals surface area (Å²) in [6, 6.07) is 6.18. The molecular formula is C17H16FN5OS. The second-order valence-electron chi connectivity index (χ2n) is 5.79. The van der Waals surface area contributed by atoms with E-state index >= 15 is 0 Å². The molecule has 2 aromatic heterocycles. The van der Waals surface area contributed by atoms with Gasteiger partial charge in [-0.3, -0.25) is 4.79 Å². The summed E-state index contributed by atoms with van der Waals surface area (Å²) in [4.78, 5) is 17.1. The third-order valence-corrected chi connectivity index (χ3v) is 5.20. The number of nitrogens with zero attached hydrogens (tertiary/aromatic N) is 3. The number of aromatic nitrogens is 3. The predicted octanol–water partition coefficient (Wildman–Crippen LogP) is 2.67. The van der Waals surface area contributed by atoms with Crippen LogP contribution in [0, 0.1) is 5.82 Å². The molecule has 0 bridgehead atoms. The molecule has 0 saturated heterocycles. The summed E-state index contributed by atoms with van der Waals surface area (Å²) in [5, 5.41) is 8.14. The van der Waals surface area contributed by atoms with E-state index in [0.717, 1.165) is 36.2 Å². The zero-order chi connectivity index (χ0) is 17.4. The van der Waals surface area contributed by atoms with Gasteiger partial charge in [0.25, 0.3) is 5.91 Å². The zero-order valence-electron chi connectivity index (χ0n) is 13.3. The number of benzene rings is 1. The van der Waals surface area contributed by atoms with Crippen LogP contribution in [0.5, 0.6) is 0 Å². The molecule has 2 heterocycles. The van der Waals surface area contributed by atoms with Gasteiger partial charge in [0.15, 0.2) is 5.82 Å². The van der Waals surface area contributed by atoms with E-state index < -0.39 is 0 Å². The number of rotatable bonds is 4. The summed E-state index contributed by atoms with van der Waals surface area (Å²) in [5.74, 6) is 0.0298. The van der Waals surface area contributed by atoms with Crippen molar-refractivity contribution in [2.24, 2.45) is 5.73 Å². The van der Waals surface area contributed by atoms with Crippen LogP contribution in [0.15, 0.2) is 30.5 Å². The van der Waals surface area contributed by atoms with Crippen LogP contribution < -0.4 is 11.1 Å². The van der Waals surface area contributed by atoms with Gasteiger partial charge < -0.3 is 11.1 Å². The summed E-state index contributed by atoms with van der Waals surface area (Å²) in [5.41, 5.74) is 8.43. The highest BCUT2D eigenvalue weighted by Gasteiger charge is 2.25. The molecule has 8 heteroatoms. The lowest BCUT2D eigenvalue weighted by molar-refractivity contribution is 0.103. The van der Waals surface area contributed by atoms with Crippen LogP contribution in [0.3, 0.4) is 0 Å². The molecule has 0 spiro atoms. The minimum Gasteiger partial charge on any atom is -0.325 e. The van der Waals surface area contributed by atoms with Crippen LogP contribution in [-0.2, 0) is 19.4 Å². The van der Waals surface area contributed by atoms with E-state index in [1.54, 1.807) is 16.8 Å². The Morgan fingerprint density at radius 3 is 2.84 bits per heavy atom. The lowest BCUT2D eigenvalue weighted by Gasteiger charge is -2.05. The van der Waals surface area contributed by atoms with Crippen LogP contribution in [0.1, 0.15) is 32.4 Å². The Kier molecular flexibility index (Phi) is 4.06. The highest BCUT2D eigenvalue weighted by molar-refractivity contribution is 7.13. The Hall–Kier alpha value is -2.58. The Balaban J connectivity index is 1.65. The average molecular weight is 357 g/mol. The fourth-order valence-corrected chi connectivity index (χ4v) is 3.70. The molecule has 3 N–H and O–H groups in total. The first kappa shape index (κ1) is 15.9. The number of anilines is 1. The fourth-order valence-electron chi connectivity index (χ4n) is 3.01. The summed E-state index contributed by atoms with van der Waals surface area (Å²) in [6.45, 7) is 0.312. The van der Waals surface area contributed by atoms with Crippen molar-refractivity contribution in [1.82, 2.24) is 14.8 Å². The molecule has 128 valence electrons. The molecule has 25 heavy (non-hydrogen) atoms. The number of carbonyl (C=O) groups is 1. The van der Waals surface area contributed by atoms with Gasteiger partial charge in [-0.25, -0.2) is 14.1 Å². The SMILES string of the molecule is NCc1ncc(C(=O)Nc2nn(-c3ccc(F)cc3)c3c2CCC3)s1. The highest BCUT2D eigenvalue weighted by Crippen LogP contribution is 2.31. The number of hydrogen-bond donors (Lipinski definition) is 2. The molecule has 6 nitrogen and oxygen atoms in total. The molecule has 3 aromatic rings. The number of hydrogen-bond acceptors (Lipinski definition) is 5. The Labute approximate surface area is 147 Å². The van der Waals surface area contributed by atoms with E-state index in [4.69, 9.17) is 5.73 Å². The summed E-state index contributed by atoms with van der Waals surface area (Å²) >= 11 is 1.27. The van der Waals surface area contributed by atoms with Gasteiger partial charge in [-0.2, -0.15) is 0 Å². The van der Waals surface area contributed by atoms with E-state index in [0.29, 0.717) is 22.2 Å². The standard InChI is InChI=1S/C17H16FN5OS/c18-10-4-6-11(7-5-10)23-13-3-1-2-12(13)16(22-23)21-17(24)14-9-20-15(8-19)25-14/h4-7,9H,1-3,8,19H2,(H,21,22,24). The monoisotopic (exact) mass is 357 g/mol. The first-order valence-electron chi connectivity index (χ1n) is 7.98. The third-order valence-electron chi connectivity index (χ3n) is 4.19. The molecule has 0 radical (unpaired) electrons. The van der Waals surface area contributed by atoms with Crippen molar-refractivity contribution in [2.75, 3.05) is 5.32 Å². The van der Waals surface area contributed by atoms with Gasteiger partial charge in [-0.1, -0.05) is 0 Å². The van der Waals surface area contributed by atoms with Gasteiger partial charge in [0, 0.05) is 17.8 Å². The minimum atomic E-state index is -0.290. The molecule has 0 aliphatic heterocycles. The van der Waals surface area contributed by atoms with Crippen molar-refractivity contribution >= 4 is 23.1 Å². The average Bonchev–Trinajstić information content (AvgIpc) is 3.33. The largest absolute Gasteiger partial charge is 0.325 e. The van der Waals surface area contributed by atoms with E-state index in [1.807, 2.05) is 0 Å². The van der Waals surface area contributed by atoms with Gasteiger partial charge in [-0.05, 0) is 43.5 Å². The van der Waals surface area contributed by atoms with Crippen molar-refractivity contribution in [1.29, 1.82) is 0 Å². The number of nitrogens with one attached hydrogen (secondary N) is 1. The second kappa shape index (κ2) is 6.38. The van der Waals surface area contributed by atoms with Gasteiger partial charge in [0.2, 0.25) is 0 Å². The van der Waals surface area contributed by atoms with Crippen LogP contribution in [0.4, 0.5) is 10.2 Å². The van der Waals surface area contributed by atoms with E-state index in [-0.39, 0.29) is 11.7 Å². The Morgan fingerprint density at radius 2 is 2.12 bits per heavy atom. The van der Waals surface area contributed by atoms with Gasteiger partial charge in [0.1, 0.15) is 15.7 Å². The van der Waals surface area contributed by atoms with Crippen molar-refractivity contribution in [2.45, 2.75) is 25.8 Å². The fraction of sp³-hybridized carbons (Fsp3) is 0.235.